The fraction of sp³-hybridized carbons (Fsp3) is 0.286. The zero-order valence-electron chi connectivity index (χ0n) is 15.6. The quantitative estimate of drug-likeness (QED) is 0.654. The maximum atomic E-state index is 4.70. The summed E-state index contributed by atoms with van der Waals surface area (Å²) < 4.78 is 0. The fourth-order valence-electron chi connectivity index (χ4n) is 2.62. The molecule has 5 nitrogen and oxygen atoms in total. The lowest BCUT2D eigenvalue weighted by Gasteiger charge is -2.13. The molecule has 0 spiro atoms. The van der Waals surface area contributed by atoms with E-state index in [1.54, 1.807) is 12.4 Å². The summed E-state index contributed by atoms with van der Waals surface area (Å²) in [5.74, 6) is 1.56. The molecule has 2 aromatic heterocycles. The highest BCUT2D eigenvalue weighted by Gasteiger charge is 2.09. The maximum Gasteiger partial charge on any atom is 0.163 e. The summed E-state index contributed by atoms with van der Waals surface area (Å²) >= 11 is 0. The van der Waals surface area contributed by atoms with Crippen molar-refractivity contribution in [1.29, 1.82) is 0 Å². The van der Waals surface area contributed by atoms with Crippen LogP contribution in [-0.2, 0) is 6.54 Å². The van der Waals surface area contributed by atoms with Crippen LogP contribution in [0.4, 0.5) is 11.5 Å². The lowest BCUT2D eigenvalue weighted by atomic mass is 10.2. The number of nitrogens with one attached hydrogen (secondary N) is 2. The van der Waals surface area contributed by atoms with Crippen LogP contribution in [0.1, 0.15) is 30.2 Å². The number of hydrogen-bond donors (Lipinski definition) is 2. The average Bonchev–Trinajstić information content (AvgIpc) is 2.69. The van der Waals surface area contributed by atoms with E-state index in [4.69, 9.17) is 4.98 Å². The van der Waals surface area contributed by atoms with Gasteiger partial charge in [0.1, 0.15) is 5.82 Å². The van der Waals surface area contributed by atoms with Gasteiger partial charge in [0, 0.05) is 48.0 Å². The van der Waals surface area contributed by atoms with Crippen molar-refractivity contribution in [2.45, 2.75) is 33.7 Å². The van der Waals surface area contributed by atoms with Crippen molar-refractivity contribution in [1.82, 2.24) is 15.0 Å². The van der Waals surface area contributed by atoms with Gasteiger partial charge in [-0.3, -0.25) is 4.98 Å². The molecule has 0 radical (unpaired) electrons. The minimum Gasteiger partial charge on any atom is -0.385 e. The van der Waals surface area contributed by atoms with Gasteiger partial charge in [0.15, 0.2) is 5.82 Å². The molecule has 5 heteroatoms. The molecule has 0 amide bonds. The Hall–Kier alpha value is -2.95. The van der Waals surface area contributed by atoms with E-state index in [0.717, 1.165) is 47.8 Å². The molecule has 0 saturated carbocycles. The zero-order valence-corrected chi connectivity index (χ0v) is 15.6. The molecule has 0 saturated heterocycles. The number of aryl methyl sites for hydroxylation is 1. The Morgan fingerprint density at radius 1 is 0.962 bits per heavy atom. The van der Waals surface area contributed by atoms with Crippen LogP contribution in [0, 0.1) is 13.8 Å². The third-order valence-corrected chi connectivity index (χ3v) is 4.30. The van der Waals surface area contributed by atoms with Gasteiger partial charge in [-0.2, -0.15) is 0 Å². The largest absolute Gasteiger partial charge is 0.385 e. The van der Waals surface area contributed by atoms with Crippen LogP contribution in [0.3, 0.4) is 0 Å². The molecule has 134 valence electrons. The zero-order chi connectivity index (χ0) is 18.4. The van der Waals surface area contributed by atoms with Crippen LogP contribution in [-0.4, -0.2) is 21.5 Å². The van der Waals surface area contributed by atoms with Gasteiger partial charge in [-0.15, -0.1) is 0 Å². The van der Waals surface area contributed by atoms with Crippen LogP contribution in [0.25, 0.3) is 11.4 Å². The molecule has 0 bridgehead atoms. The molecule has 0 aliphatic rings. The fourth-order valence-corrected chi connectivity index (χ4v) is 2.62. The van der Waals surface area contributed by atoms with Crippen molar-refractivity contribution >= 4 is 11.5 Å². The molecule has 0 fully saturated rings. The summed E-state index contributed by atoms with van der Waals surface area (Å²) in [4.78, 5) is 13.5. The summed E-state index contributed by atoms with van der Waals surface area (Å²) in [6.07, 6.45) is 4.66. The first kappa shape index (κ1) is 17.9. The van der Waals surface area contributed by atoms with Gasteiger partial charge in [0.25, 0.3) is 0 Å². The number of benzene rings is 1. The van der Waals surface area contributed by atoms with E-state index in [2.05, 4.69) is 51.8 Å². The molecule has 0 atom stereocenters. The molecule has 0 aliphatic heterocycles. The predicted octanol–water partition coefficient (Wildman–Crippen LogP) is 4.59. The normalized spacial score (nSPS) is 10.6. The highest BCUT2D eigenvalue weighted by atomic mass is 15.0. The number of anilines is 2. The van der Waals surface area contributed by atoms with Crippen LogP contribution in [0.5, 0.6) is 0 Å². The van der Waals surface area contributed by atoms with Crippen molar-refractivity contribution in [2.75, 3.05) is 17.2 Å². The van der Waals surface area contributed by atoms with Gasteiger partial charge in [-0.25, -0.2) is 9.97 Å². The lowest BCUT2D eigenvalue weighted by Crippen LogP contribution is -2.07. The monoisotopic (exact) mass is 347 g/mol. The van der Waals surface area contributed by atoms with E-state index in [-0.39, 0.29) is 0 Å². The van der Waals surface area contributed by atoms with Crippen LogP contribution < -0.4 is 10.6 Å². The Morgan fingerprint density at radius 2 is 1.77 bits per heavy atom. The summed E-state index contributed by atoms with van der Waals surface area (Å²) in [5, 5.41) is 6.84. The van der Waals surface area contributed by atoms with E-state index in [1.165, 1.54) is 5.56 Å². The van der Waals surface area contributed by atoms with Crippen molar-refractivity contribution in [2.24, 2.45) is 0 Å². The Balaban J connectivity index is 1.74. The maximum absolute atomic E-state index is 4.70. The topological polar surface area (TPSA) is 62.7 Å². The van der Waals surface area contributed by atoms with Gasteiger partial charge in [0.2, 0.25) is 0 Å². The number of hydrogen-bond acceptors (Lipinski definition) is 5. The highest BCUT2D eigenvalue weighted by molar-refractivity contribution is 5.58. The van der Waals surface area contributed by atoms with Crippen molar-refractivity contribution in [3.8, 4) is 11.4 Å². The second-order valence-corrected chi connectivity index (χ2v) is 6.33. The first-order chi connectivity index (χ1) is 12.7. The molecule has 0 unspecified atom stereocenters. The van der Waals surface area contributed by atoms with Gasteiger partial charge in [-0.05, 0) is 50.1 Å². The van der Waals surface area contributed by atoms with Crippen LogP contribution >= 0.6 is 0 Å². The van der Waals surface area contributed by atoms with Gasteiger partial charge in [-0.1, -0.05) is 19.1 Å². The standard InChI is InChI=1S/C21H25N5/c1-4-11-23-19-9-7-17(8-10-19)13-24-20-15(2)16(3)25-21(26-20)18-6-5-12-22-14-18/h5-10,12,14,23H,4,11,13H2,1-3H3,(H,24,25,26). The Bertz CT molecular complexity index is 844. The first-order valence-electron chi connectivity index (χ1n) is 8.99. The minimum atomic E-state index is 0.697. The first-order valence-corrected chi connectivity index (χ1v) is 8.99. The number of rotatable bonds is 7. The highest BCUT2D eigenvalue weighted by Crippen LogP contribution is 2.21. The van der Waals surface area contributed by atoms with E-state index in [0.29, 0.717) is 5.82 Å². The molecule has 2 N–H and O–H groups in total. The summed E-state index contributed by atoms with van der Waals surface area (Å²) in [7, 11) is 0. The van der Waals surface area contributed by atoms with Gasteiger partial charge in [0.05, 0.1) is 0 Å². The lowest BCUT2D eigenvalue weighted by molar-refractivity contribution is 0.979. The second kappa shape index (κ2) is 8.43. The second-order valence-electron chi connectivity index (χ2n) is 6.33. The molecule has 3 rings (SSSR count). The third-order valence-electron chi connectivity index (χ3n) is 4.30. The minimum absolute atomic E-state index is 0.697. The molecule has 1 aromatic carbocycles. The summed E-state index contributed by atoms with van der Waals surface area (Å²) in [6, 6.07) is 12.4. The number of nitrogens with zero attached hydrogens (tertiary/aromatic N) is 3. The van der Waals surface area contributed by atoms with Crippen molar-refractivity contribution < 1.29 is 0 Å². The Labute approximate surface area is 154 Å². The predicted molar refractivity (Wildman–Crippen MR) is 107 cm³/mol. The van der Waals surface area contributed by atoms with Crippen LogP contribution in [0.2, 0.25) is 0 Å². The average molecular weight is 347 g/mol. The number of aromatic nitrogens is 3. The molecule has 2 heterocycles. The van der Waals surface area contributed by atoms with E-state index >= 15 is 0 Å². The Morgan fingerprint density at radius 3 is 2.46 bits per heavy atom. The van der Waals surface area contributed by atoms with Crippen LogP contribution in [0.15, 0.2) is 48.8 Å². The Kier molecular flexibility index (Phi) is 5.79. The molecular formula is C21H25N5. The summed E-state index contributed by atoms with van der Waals surface area (Å²) in [5.41, 5.74) is 5.33. The molecule has 26 heavy (non-hydrogen) atoms. The molecule has 0 aliphatic carbocycles. The molecule has 3 aromatic rings. The van der Waals surface area contributed by atoms with Gasteiger partial charge < -0.3 is 10.6 Å². The van der Waals surface area contributed by atoms with E-state index < -0.39 is 0 Å². The van der Waals surface area contributed by atoms with E-state index in [1.807, 2.05) is 26.0 Å². The van der Waals surface area contributed by atoms with E-state index in [9.17, 15) is 0 Å². The molecular weight excluding hydrogens is 322 g/mol. The third kappa shape index (κ3) is 4.36. The number of pyridine rings is 1. The summed E-state index contributed by atoms with van der Waals surface area (Å²) in [6.45, 7) is 7.93. The smallest absolute Gasteiger partial charge is 0.163 e. The van der Waals surface area contributed by atoms with Crippen molar-refractivity contribution in [3.05, 3.63) is 65.6 Å². The SMILES string of the molecule is CCCNc1ccc(CNc2nc(-c3cccnc3)nc(C)c2C)cc1. The van der Waals surface area contributed by atoms with Crippen molar-refractivity contribution in [3.63, 3.8) is 0 Å². The van der Waals surface area contributed by atoms with Gasteiger partial charge >= 0.3 is 0 Å².